The van der Waals surface area contributed by atoms with Crippen molar-refractivity contribution in [3.8, 4) is 0 Å². The van der Waals surface area contributed by atoms with E-state index in [2.05, 4.69) is 0 Å². The summed E-state index contributed by atoms with van der Waals surface area (Å²) in [5.41, 5.74) is 0. The SMILES string of the molecule is CN1CCC(CC(=O)O)CC1=O. The van der Waals surface area contributed by atoms with Gasteiger partial charge >= 0.3 is 5.97 Å². The van der Waals surface area contributed by atoms with Crippen LogP contribution in [0.25, 0.3) is 0 Å². The van der Waals surface area contributed by atoms with E-state index in [1.54, 1.807) is 11.9 Å². The maximum atomic E-state index is 11.1. The second-order valence-corrected chi connectivity index (χ2v) is 3.27. The number of aliphatic carboxylic acids is 1. The molecule has 68 valence electrons. The van der Waals surface area contributed by atoms with E-state index in [0.717, 1.165) is 6.42 Å². The molecule has 1 rings (SSSR count). The molecule has 1 atom stereocenters. The van der Waals surface area contributed by atoms with Crippen LogP contribution in [0.5, 0.6) is 0 Å². The van der Waals surface area contributed by atoms with Crippen molar-refractivity contribution in [1.82, 2.24) is 4.90 Å². The first kappa shape index (κ1) is 9.03. The number of carbonyl (C=O) groups excluding carboxylic acids is 1. The van der Waals surface area contributed by atoms with Crippen molar-refractivity contribution in [3.63, 3.8) is 0 Å². The number of rotatable bonds is 2. The molecule has 0 saturated carbocycles. The van der Waals surface area contributed by atoms with Crippen LogP contribution < -0.4 is 0 Å². The molecule has 0 bridgehead atoms. The zero-order chi connectivity index (χ0) is 9.14. The summed E-state index contributed by atoms with van der Waals surface area (Å²) in [6.45, 7) is 0.691. The quantitative estimate of drug-likeness (QED) is 0.651. The molecule has 4 nitrogen and oxygen atoms in total. The molecule has 1 saturated heterocycles. The Bertz CT molecular complexity index is 202. The van der Waals surface area contributed by atoms with Gasteiger partial charge in [-0.3, -0.25) is 9.59 Å². The van der Waals surface area contributed by atoms with Gasteiger partial charge in [-0.25, -0.2) is 0 Å². The van der Waals surface area contributed by atoms with Gasteiger partial charge in [0.1, 0.15) is 0 Å². The van der Waals surface area contributed by atoms with Gasteiger partial charge in [-0.05, 0) is 12.3 Å². The van der Waals surface area contributed by atoms with Gasteiger partial charge in [-0.2, -0.15) is 0 Å². The average Bonchev–Trinajstić information content (AvgIpc) is 1.96. The summed E-state index contributed by atoms with van der Waals surface area (Å²) in [5.74, 6) is -0.698. The Balaban J connectivity index is 2.40. The second kappa shape index (κ2) is 3.56. The van der Waals surface area contributed by atoms with Gasteiger partial charge in [0.15, 0.2) is 0 Å². The number of piperidine rings is 1. The third-order valence-corrected chi connectivity index (χ3v) is 2.23. The van der Waals surface area contributed by atoms with E-state index < -0.39 is 5.97 Å². The number of hydrogen-bond acceptors (Lipinski definition) is 2. The second-order valence-electron chi connectivity index (χ2n) is 3.27. The van der Waals surface area contributed by atoms with E-state index >= 15 is 0 Å². The molecule has 1 N–H and O–H groups in total. The van der Waals surface area contributed by atoms with Crippen molar-refractivity contribution < 1.29 is 14.7 Å². The van der Waals surface area contributed by atoms with Crippen molar-refractivity contribution in [2.75, 3.05) is 13.6 Å². The lowest BCUT2D eigenvalue weighted by molar-refractivity contribution is -0.140. The van der Waals surface area contributed by atoms with E-state index in [9.17, 15) is 9.59 Å². The Morgan fingerprint density at radius 2 is 2.42 bits per heavy atom. The highest BCUT2D eigenvalue weighted by Gasteiger charge is 2.24. The van der Waals surface area contributed by atoms with Crippen LogP contribution in [0.4, 0.5) is 0 Å². The van der Waals surface area contributed by atoms with E-state index in [0.29, 0.717) is 13.0 Å². The largest absolute Gasteiger partial charge is 0.481 e. The summed E-state index contributed by atoms with van der Waals surface area (Å²) in [4.78, 5) is 23.1. The molecular weight excluding hydrogens is 158 g/mol. The lowest BCUT2D eigenvalue weighted by Crippen LogP contribution is -2.36. The Morgan fingerprint density at radius 1 is 1.75 bits per heavy atom. The molecule has 0 radical (unpaired) electrons. The van der Waals surface area contributed by atoms with Crippen molar-refractivity contribution in [1.29, 1.82) is 0 Å². The van der Waals surface area contributed by atoms with E-state index in [1.165, 1.54) is 0 Å². The molecule has 1 amide bonds. The fourth-order valence-corrected chi connectivity index (χ4v) is 1.43. The number of amides is 1. The summed E-state index contributed by atoms with van der Waals surface area (Å²) in [7, 11) is 1.75. The number of likely N-dealkylation sites (tertiary alicyclic amines) is 1. The van der Waals surface area contributed by atoms with Crippen LogP contribution in [-0.4, -0.2) is 35.5 Å². The minimum absolute atomic E-state index is 0.0474. The molecule has 1 unspecified atom stereocenters. The predicted molar refractivity (Wildman–Crippen MR) is 42.6 cm³/mol. The van der Waals surface area contributed by atoms with Crippen LogP contribution in [0.2, 0.25) is 0 Å². The molecule has 1 fully saturated rings. The normalized spacial score (nSPS) is 24.2. The Labute approximate surface area is 71.2 Å². The van der Waals surface area contributed by atoms with Crippen LogP contribution in [0.1, 0.15) is 19.3 Å². The minimum atomic E-state index is -0.808. The first-order chi connectivity index (χ1) is 5.59. The number of hydrogen-bond donors (Lipinski definition) is 1. The number of carbonyl (C=O) groups is 2. The summed E-state index contributed by atoms with van der Waals surface area (Å²) < 4.78 is 0. The van der Waals surface area contributed by atoms with Gasteiger partial charge in [0.05, 0.1) is 0 Å². The Kier molecular flexibility index (Phi) is 2.68. The molecule has 1 aliphatic rings. The molecule has 0 aromatic heterocycles. The smallest absolute Gasteiger partial charge is 0.303 e. The fourth-order valence-electron chi connectivity index (χ4n) is 1.43. The summed E-state index contributed by atoms with van der Waals surface area (Å²) in [6.07, 6.45) is 1.33. The molecule has 0 aromatic rings. The Morgan fingerprint density at radius 3 is 2.92 bits per heavy atom. The lowest BCUT2D eigenvalue weighted by atomic mass is 9.93. The van der Waals surface area contributed by atoms with Crippen LogP contribution in [0, 0.1) is 5.92 Å². The number of carboxylic acids is 1. The summed E-state index contributed by atoms with van der Waals surface area (Å²) >= 11 is 0. The van der Waals surface area contributed by atoms with Crippen LogP contribution in [-0.2, 0) is 9.59 Å². The topological polar surface area (TPSA) is 57.6 Å². The predicted octanol–water partition coefficient (Wildman–Crippen LogP) is 0.329. The third kappa shape index (κ3) is 2.22. The van der Waals surface area contributed by atoms with Crippen molar-refractivity contribution in [2.24, 2.45) is 5.92 Å². The van der Waals surface area contributed by atoms with E-state index in [1.807, 2.05) is 0 Å². The molecule has 4 heteroatoms. The average molecular weight is 171 g/mol. The molecule has 1 aliphatic heterocycles. The highest BCUT2D eigenvalue weighted by Crippen LogP contribution is 2.20. The maximum Gasteiger partial charge on any atom is 0.303 e. The molecular formula is C8H13NO3. The van der Waals surface area contributed by atoms with E-state index in [4.69, 9.17) is 5.11 Å². The zero-order valence-electron chi connectivity index (χ0n) is 7.12. The molecule has 0 spiro atoms. The third-order valence-electron chi connectivity index (χ3n) is 2.23. The standard InChI is InChI=1S/C8H13NO3/c1-9-3-2-6(4-7(9)10)5-8(11)12/h6H,2-5H2,1H3,(H,11,12). The van der Waals surface area contributed by atoms with Gasteiger partial charge in [0, 0.05) is 26.4 Å². The number of carboxylic acid groups (broad SMARTS) is 1. The van der Waals surface area contributed by atoms with Crippen molar-refractivity contribution in [2.45, 2.75) is 19.3 Å². The van der Waals surface area contributed by atoms with Crippen molar-refractivity contribution in [3.05, 3.63) is 0 Å². The fraction of sp³-hybridized carbons (Fsp3) is 0.750. The van der Waals surface area contributed by atoms with Crippen LogP contribution in [0.3, 0.4) is 0 Å². The molecule has 0 aromatic carbocycles. The highest BCUT2D eigenvalue weighted by atomic mass is 16.4. The zero-order valence-corrected chi connectivity index (χ0v) is 7.12. The summed E-state index contributed by atoms with van der Waals surface area (Å²) in [5, 5.41) is 8.49. The lowest BCUT2D eigenvalue weighted by Gasteiger charge is -2.27. The van der Waals surface area contributed by atoms with Gasteiger partial charge in [-0.15, -0.1) is 0 Å². The molecule has 1 heterocycles. The first-order valence-electron chi connectivity index (χ1n) is 4.05. The molecule has 0 aliphatic carbocycles. The highest BCUT2D eigenvalue weighted by molar-refractivity contribution is 5.78. The number of nitrogens with zero attached hydrogens (tertiary/aromatic N) is 1. The van der Waals surface area contributed by atoms with E-state index in [-0.39, 0.29) is 18.2 Å². The minimum Gasteiger partial charge on any atom is -0.481 e. The summed E-state index contributed by atoms with van der Waals surface area (Å²) in [6, 6.07) is 0. The molecule has 12 heavy (non-hydrogen) atoms. The van der Waals surface area contributed by atoms with Crippen LogP contribution in [0.15, 0.2) is 0 Å². The van der Waals surface area contributed by atoms with Gasteiger partial charge < -0.3 is 10.0 Å². The first-order valence-corrected chi connectivity index (χ1v) is 4.05. The maximum absolute atomic E-state index is 11.1. The monoisotopic (exact) mass is 171 g/mol. The van der Waals surface area contributed by atoms with Gasteiger partial charge in [0.25, 0.3) is 0 Å². The van der Waals surface area contributed by atoms with Crippen LogP contribution >= 0.6 is 0 Å². The Hall–Kier alpha value is -1.06. The van der Waals surface area contributed by atoms with Gasteiger partial charge in [0.2, 0.25) is 5.91 Å². The van der Waals surface area contributed by atoms with Crippen molar-refractivity contribution >= 4 is 11.9 Å². The van der Waals surface area contributed by atoms with Gasteiger partial charge in [-0.1, -0.05) is 0 Å².